The van der Waals surface area contributed by atoms with Gasteiger partial charge >= 0.3 is 12.2 Å². The molecule has 0 spiro atoms. The van der Waals surface area contributed by atoms with Gasteiger partial charge in [-0.2, -0.15) is 0 Å². The Morgan fingerprint density at radius 2 is 0.964 bits per heavy atom. The first-order chi connectivity index (χ1) is 41.0. The highest BCUT2D eigenvalue weighted by molar-refractivity contribution is 5.89. The fourth-order valence-corrected chi connectivity index (χ4v) is 12.1. The summed E-state index contributed by atoms with van der Waals surface area (Å²) < 4.78 is 62.7. The van der Waals surface area contributed by atoms with Crippen LogP contribution >= 0.6 is 0 Å². The van der Waals surface area contributed by atoms with Crippen LogP contribution in [0.15, 0.2) is 109 Å². The number of carbonyl (C=O) groups excluding carboxylic acids is 1. The largest absolute Gasteiger partial charge is 0.495 e. The van der Waals surface area contributed by atoms with Gasteiger partial charge in [0.2, 0.25) is 11.5 Å². The molecule has 0 aromatic heterocycles. The van der Waals surface area contributed by atoms with Crippen molar-refractivity contribution in [2.75, 3.05) is 101 Å². The molecule has 6 aromatic carbocycles. The van der Waals surface area contributed by atoms with Gasteiger partial charge in [-0.3, -0.25) is 14.7 Å². The second-order valence-electron chi connectivity index (χ2n) is 21.6. The van der Waals surface area contributed by atoms with Crippen LogP contribution in [0.4, 0.5) is 15.3 Å². The first kappa shape index (κ1) is 60.4. The molecule has 0 aliphatic carbocycles. The minimum absolute atomic E-state index is 0.0729. The number of piperidine rings is 2. The van der Waals surface area contributed by atoms with Gasteiger partial charge in [0, 0.05) is 86.4 Å². The number of likely N-dealkylation sites (tertiary alicyclic amines) is 2. The van der Waals surface area contributed by atoms with Gasteiger partial charge in [-0.25, -0.2) is 9.59 Å². The number of amides is 2. The zero-order chi connectivity index (χ0) is 59.1. The molecular weight excluding hydrogens is 1070 g/mol. The molecule has 18 nitrogen and oxygen atoms in total. The van der Waals surface area contributed by atoms with E-state index in [2.05, 4.69) is 63.6 Å². The highest BCUT2D eigenvalue weighted by atomic mass is 16.6. The second-order valence-corrected chi connectivity index (χ2v) is 21.6. The lowest BCUT2D eigenvalue weighted by Crippen LogP contribution is -2.47. The minimum atomic E-state index is -0.965. The fraction of sp³-hybridized carbons (Fsp3) is 0.424. The first-order valence-corrected chi connectivity index (χ1v) is 28.7. The highest BCUT2D eigenvalue weighted by Crippen LogP contribution is 2.49. The summed E-state index contributed by atoms with van der Waals surface area (Å²) >= 11 is 0. The van der Waals surface area contributed by atoms with E-state index in [1.807, 2.05) is 60.7 Å². The molecule has 4 aliphatic rings. The van der Waals surface area contributed by atoms with Crippen molar-refractivity contribution in [2.24, 2.45) is 11.8 Å². The molecule has 10 rings (SSSR count). The summed E-state index contributed by atoms with van der Waals surface area (Å²) in [6.45, 7) is 6.38. The maximum atomic E-state index is 12.9. The zero-order valence-electron chi connectivity index (χ0n) is 49.6. The van der Waals surface area contributed by atoms with Gasteiger partial charge in [-0.1, -0.05) is 72.8 Å². The number of hydrogen-bond acceptors (Lipinski definition) is 15. The zero-order valence-corrected chi connectivity index (χ0v) is 49.6. The molecule has 0 saturated carbocycles. The highest BCUT2D eigenvalue weighted by Gasteiger charge is 2.34. The topological polar surface area (TPSA) is 178 Å². The van der Waals surface area contributed by atoms with E-state index in [4.69, 9.17) is 52.1 Å². The van der Waals surface area contributed by atoms with Gasteiger partial charge in [-0.05, 0) is 97.9 Å². The van der Waals surface area contributed by atoms with Crippen LogP contribution in [-0.4, -0.2) is 135 Å². The van der Waals surface area contributed by atoms with Crippen molar-refractivity contribution in [3.8, 4) is 63.2 Å². The van der Waals surface area contributed by atoms with E-state index in [9.17, 15) is 14.7 Å². The van der Waals surface area contributed by atoms with Crippen molar-refractivity contribution in [3.05, 3.63) is 143 Å². The number of hydrogen-bond donors (Lipinski definition) is 2. The van der Waals surface area contributed by atoms with Crippen LogP contribution in [-0.2, 0) is 38.8 Å². The third-order valence-electron chi connectivity index (χ3n) is 16.2. The lowest BCUT2D eigenvalue weighted by molar-refractivity contribution is 0.168. The number of fused-ring (bicyclic) bond motifs is 2. The number of carbonyl (C=O) groups is 2. The summed E-state index contributed by atoms with van der Waals surface area (Å²) in [5, 5.41) is 13.4. The quantitative estimate of drug-likeness (QED) is 0.0737. The van der Waals surface area contributed by atoms with Crippen LogP contribution in [0.25, 0.3) is 0 Å². The Kier molecular flexibility index (Phi) is 20.7. The molecule has 0 radical (unpaired) electrons. The van der Waals surface area contributed by atoms with Gasteiger partial charge in [0.15, 0.2) is 34.5 Å². The van der Waals surface area contributed by atoms with Crippen LogP contribution in [0.1, 0.15) is 59.1 Å². The second kappa shape index (κ2) is 28.9. The van der Waals surface area contributed by atoms with E-state index in [-0.39, 0.29) is 23.9 Å². The summed E-state index contributed by atoms with van der Waals surface area (Å²) in [5.74, 6) is 6.73. The number of rotatable bonds is 20. The Hall–Kier alpha value is -8.22. The Labute approximate surface area is 493 Å². The van der Waals surface area contributed by atoms with Crippen molar-refractivity contribution in [1.82, 2.24) is 15.1 Å². The van der Waals surface area contributed by atoms with Crippen molar-refractivity contribution in [1.29, 1.82) is 0 Å². The minimum Gasteiger partial charge on any atom is -0.495 e. The van der Waals surface area contributed by atoms with E-state index in [1.54, 1.807) is 56.9 Å². The summed E-state index contributed by atoms with van der Waals surface area (Å²) in [6.07, 6.45) is 4.73. The molecule has 18 heteroatoms. The predicted octanol–water partition coefficient (Wildman–Crippen LogP) is 10.9. The summed E-state index contributed by atoms with van der Waals surface area (Å²) in [6, 6.07) is 36.0. The third-order valence-corrected chi connectivity index (χ3v) is 16.2. The Balaban J connectivity index is 0.000000202. The van der Waals surface area contributed by atoms with E-state index >= 15 is 0 Å². The van der Waals surface area contributed by atoms with Gasteiger partial charge in [-0.15, -0.1) is 0 Å². The van der Waals surface area contributed by atoms with Crippen LogP contribution in [0.5, 0.6) is 63.2 Å². The standard InChI is InChI=1S/2C33H40N2O7/c1-38-28-11-10-23(16-24-17-26-29(42-21-24)19-30(39-2)32(41-4)31(26)40-3)18-27(28)35(33(36)37)25-12-14-34(15-13-25)20-22-8-6-5-7-9-22;1-37-27-11-10-23(16-24-17-26-28(41-21-24)19-30(38-2)32(40-4)31(26)39-3)18-29(27)42-33(36)34-25-12-14-35(15-13-25)20-22-8-6-5-7-9-22/h5-11,18-19,24-25H,12-17,20-21H2,1-4H3,(H,36,37);5-11,18-19,24-25H,12-17,20-21H2,1-4H3,(H,34,36). The Morgan fingerprint density at radius 1 is 0.512 bits per heavy atom. The maximum absolute atomic E-state index is 12.9. The van der Waals surface area contributed by atoms with E-state index in [0.29, 0.717) is 77.1 Å². The molecule has 2 amide bonds. The predicted molar refractivity (Wildman–Crippen MR) is 320 cm³/mol. The lowest BCUT2D eigenvalue weighted by atomic mass is 9.89. The number of anilines is 1. The van der Waals surface area contributed by atoms with Crippen LogP contribution in [0.2, 0.25) is 0 Å². The van der Waals surface area contributed by atoms with Crippen molar-refractivity contribution in [3.63, 3.8) is 0 Å². The average Bonchev–Trinajstić information content (AvgIpc) is 3.72. The number of carboxylic acid groups (broad SMARTS) is 1. The molecule has 448 valence electrons. The molecule has 4 heterocycles. The van der Waals surface area contributed by atoms with Gasteiger partial charge in [0.1, 0.15) is 17.2 Å². The van der Waals surface area contributed by atoms with E-state index in [0.717, 1.165) is 118 Å². The summed E-state index contributed by atoms with van der Waals surface area (Å²) in [4.78, 5) is 31.9. The van der Waals surface area contributed by atoms with Crippen LogP contribution < -0.4 is 62.3 Å². The average molecular weight is 1150 g/mol. The van der Waals surface area contributed by atoms with Gasteiger partial charge in [0.05, 0.1) is 75.8 Å². The molecule has 2 fully saturated rings. The normalized spacial score (nSPS) is 17.0. The van der Waals surface area contributed by atoms with Crippen LogP contribution in [0, 0.1) is 11.8 Å². The fourth-order valence-electron chi connectivity index (χ4n) is 12.1. The Bertz CT molecular complexity index is 3150. The number of benzene rings is 6. The monoisotopic (exact) mass is 1150 g/mol. The summed E-state index contributed by atoms with van der Waals surface area (Å²) in [7, 11) is 12.8. The van der Waals surface area contributed by atoms with Gasteiger partial charge < -0.3 is 62.5 Å². The van der Waals surface area contributed by atoms with Crippen molar-refractivity contribution < 1.29 is 66.8 Å². The molecule has 4 aliphatic heterocycles. The number of methoxy groups -OCH3 is 8. The smallest absolute Gasteiger partial charge is 0.412 e. The molecule has 2 atom stereocenters. The van der Waals surface area contributed by atoms with Gasteiger partial charge in [0.25, 0.3) is 0 Å². The Morgan fingerprint density at radius 3 is 1.42 bits per heavy atom. The maximum Gasteiger partial charge on any atom is 0.412 e. The lowest BCUT2D eigenvalue weighted by Gasteiger charge is -2.37. The molecule has 2 N–H and O–H groups in total. The molecule has 84 heavy (non-hydrogen) atoms. The summed E-state index contributed by atoms with van der Waals surface area (Å²) in [5.41, 5.74) is 7.09. The number of nitrogens with zero attached hydrogens (tertiary/aromatic N) is 3. The first-order valence-electron chi connectivity index (χ1n) is 28.7. The molecule has 2 unspecified atom stereocenters. The van der Waals surface area contributed by atoms with Crippen molar-refractivity contribution >= 4 is 17.9 Å². The molecule has 0 bridgehead atoms. The van der Waals surface area contributed by atoms with E-state index < -0.39 is 12.2 Å². The number of ether oxygens (including phenoxy) is 11. The van der Waals surface area contributed by atoms with Crippen molar-refractivity contribution in [2.45, 2.75) is 76.5 Å². The van der Waals surface area contributed by atoms with E-state index in [1.165, 1.54) is 16.0 Å². The molecule has 6 aromatic rings. The van der Waals surface area contributed by atoms with Crippen LogP contribution in [0.3, 0.4) is 0 Å². The molecular formula is C66H80N4O14. The number of nitrogens with one attached hydrogen (secondary N) is 1. The molecule has 2 saturated heterocycles. The third kappa shape index (κ3) is 14.6. The SMILES string of the molecule is COc1ccc(CC2COc3cc(OC)c(OC)c(OC)c3C2)cc1N(C(=O)O)C1CCN(Cc2ccccc2)CC1.COc1ccc(CC2COc3cc(OC)c(OC)c(OC)c3C2)cc1OC(=O)NC1CCN(Cc2ccccc2)CC1.